The Morgan fingerprint density at radius 2 is 1.78 bits per heavy atom. The van der Waals surface area contributed by atoms with E-state index in [1.54, 1.807) is 30.3 Å². The number of carbonyl (C=O) groups is 2. The van der Waals surface area contributed by atoms with Crippen LogP contribution in [0.25, 0.3) is 6.08 Å². The predicted molar refractivity (Wildman–Crippen MR) is 92.2 cm³/mol. The lowest BCUT2D eigenvalue weighted by molar-refractivity contribution is -0.136. The molecule has 0 saturated heterocycles. The first-order valence-corrected chi connectivity index (χ1v) is 7.14. The lowest BCUT2D eigenvalue weighted by Crippen LogP contribution is -2.32. The minimum atomic E-state index is -0.866. The molecule has 0 aliphatic rings. The lowest BCUT2D eigenvalue weighted by Gasteiger charge is -2.03. The van der Waals surface area contributed by atoms with Crippen LogP contribution in [-0.4, -0.2) is 18.0 Å². The van der Waals surface area contributed by atoms with Crippen LogP contribution in [0, 0.1) is 0 Å². The van der Waals surface area contributed by atoms with Gasteiger partial charge in [-0.1, -0.05) is 54.1 Å². The van der Waals surface area contributed by atoms with Gasteiger partial charge in [-0.15, -0.1) is 0 Å². The smallest absolute Gasteiger partial charge is 0.318 e. The Hall–Kier alpha value is -2.92. The number of allylic oxidation sites excluding steroid dienone is 1. The maximum atomic E-state index is 11.7. The Balaban J connectivity index is 1.81. The van der Waals surface area contributed by atoms with E-state index in [0.29, 0.717) is 10.7 Å². The van der Waals surface area contributed by atoms with Gasteiger partial charge in [-0.05, 0) is 29.8 Å². The second-order valence-electron chi connectivity index (χ2n) is 4.45. The molecule has 0 unspecified atom stereocenters. The molecule has 2 N–H and O–H groups in total. The molecule has 0 heterocycles. The van der Waals surface area contributed by atoms with Gasteiger partial charge in [0.25, 0.3) is 0 Å². The Bertz CT molecular complexity index is 743. The lowest BCUT2D eigenvalue weighted by atomic mass is 10.2. The van der Waals surface area contributed by atoms with Crippen LogP contribution in [0.15, 0.2) is 65.8 Å². The molecule has 2 aromatic rings. The van der Waals surface area contributed by atoms with Gasteiger partial charge in [0.1, 0.15) is 0 Å². The molecule has 0 atom stereocenters. The summed E-state index contributed by atoms with van der Waals surface area (Å²) in [4.78, 5) is 23.2. The van der Waals surface area contributed by atoms with Crippen LogP contribution in [-0.2, 0) is 9.59 Å². The maximum Gasteiger partial charge on any atom is 0.329 e. The standard InChI is InChI=1S/C17H14ClN3O2/c18-14-9-4-10-15(12-14)20-16(22)17(23)21-19-11-5-8-13-6-2-1-3-7-13/h1-12H,(H,20,22)(H,21,23)/b8-5-,19-11?. The van der Waals surface area contributed by atoms with Gasteiger partial charge < -0.3 is 5.32 Å². The van der Waals surface area contributed by atoms with Crippen molar-refractivity contribution in [3.63, 3.8) is 0 Å². The van der Waals surface area contributed by atoms with Gasteiger partial charge >= 0.3 is 11.8 Å². The molecule has 2 amide bonds. The summed E-state index contributed by atoms with van der Waals surface area (Å²) in [6.45, 7) is 0. The number of hydrazone groups is 1. The number of carbonyl (C=O) groups excluding carboxylic acids is 2. The monoisotopic (exact) mass is 327 g/mol. The number of nitrogens with one attached hydrogen (secondary N) is 2. The first-order valence-electron chi connectivity index (χ1n) is 6.77. The fourth-order valence-corrected chi connectivity index (χ4v) is 1.85. The molecule has 0 aliphatic carbocycles. The SMILES string of the molecule is O=C(NN=C/C=C\c1ccccc1)C(=O)Nc1cccc(Cl)c1. The minimum absolute atomic E-state index is 0.436. The molecule has 5 nitrogen and oxygen atoms in total. The Kier molecular flexibility index (Phi) is 6.08. The zero-order valence-electron chi connectivity index (χ0n) is 12.1. The van der Waals surface area contributed by atoms with Gasteiger partial charge in [0.2, 0.25) is 0 Å². The Morgan fingerprint density at radius 1 is 1.00 bits per heavy atom. The van der Waals surface area contributed by atoms with E-state index in [1.807, 2.05) is 36.4 Å². The van der Waals surface area contributed by atoms with Gasteiger partial charge in [0, 0.05) is 16.9 Å². The van der Waals surface area contributed by atoms with E-state index in [4.69, 9.17) is 11.6 Å². The van der Waals surface area contributed by atoms with Crippen LogP contribution in [0.4, 0.5) is 5.69 Å². The fourth-order valence-electron chi connectivity index (χ4n) is 1.66. The van der Waals surface area contributed by atoms with Crippen molar-refractivity contribution >= 4 is 41.4 Å². The summed E-state index contributed by atoms with van der Waals surface area (Å²) in [7, 11) is 0. The van der Waals surface area contributed by atoms with Crippen molar-refractivity contribution in [2.45, 2.75) is 0 Å². The quantitative estimate of drug-likeness (QED) is 0.514. The molecule has 0 aliphatic heterocycles. The zero-order valence-corrected chi connectivity index (χ0v) is 12.8. The van der Waals surface area contributed by atoms with Gasteiger partial charge in [-0.2, -0.15) is 5.10 Å². The van der Waals surface area contributed by atoms with Gasteiger partial charge in [0.05, 0.1) is 0 Å². The molecule has 0 spiro atoms. The molecule has 0 radical (unpaired) electrons. The van der Waals surface area contributed by atoms with Crippen LogP contribution in [0.2, 0.25) is 5.02 Å². The summed E-state index contributed by atoms with van der Waals surface area (Å²) in [6.07, 6.45) is 4.86. The normalized spacial score (nSPS) is 10.8. The summed E-state index contributed by atoms with van der Waals surface area (Å²) in [5.41, 5.74) is 3.58. The minimum Gasteiger partial charge on any atom is -0.318 e. The molecule has 116 valence electrons. The van der Waals surface area contributed by atoms with E-state index in [9.17, 15) is 9.59 Å². The van der Waals surface area contributed by atoms with Gasteiger partial charge in [-0.3, -0.25) is 9.59 Å². The predicted octanol–water partition coefficient (Wildman–Crippen LogP) is 3.09. The van der Waals surface area contributed by atoms with Crippen LogP contribution >= 0.6 is 11.6 Å². The average Bonchev–Trinajstić information content (AvgIpc) is 2.55. The van der Waals surface area contributed by atoms with Crippen LogP contribution < -0.4 is 10.7 Å². The van der Waals surface area contributed by atoms with Crippen molar-refractivity contribution in [3.05, 3.63) is 71.3 Å². The number of benzene rings is 2. The molecular formula is C17H14ClN3O2. The van der Waals surface area contributed by atoms with Crippen molar-refractivity contribution in [1.29, 1.82) is 0 Å². The first kappa shape index (κ1) is 16.5. The highest BCUT2D eigenvalue weighted by atomic mass is 35.5. The number of anilines is 1. The Morgan fingerprint density at radius 3 is 2.52 bits per heavy atom. The van der Waals surface area contributed by atoms with Crippen LogP contribution in [0.3, 0.4) is 0 Å². The number of amides is 2. The number of hydrogen-bond donors (Lipinski definition) is 2. The van der Waals surface area contributed by atoms with E-state index in [-0.39, 0.29) is 0 Å². The summed E-state index contributed by atoms with van der Waals surface area (Å²) < 4.78 is 0. The highest BCUT2D eigenvalue weighted by Crippen LogP contribution is 2.14. The van der Waals surface area contributed by atoms with Crippen LogP contribution in [0.5, 0.6) is 0 Å². The highest BCUT2D eigenvalue weighted by molar-refractivity contribution is 6.39. The molecular weight excluding hydrogens is 314 g/mol. The van der Waals surface area contributed by atoms with Crippen molar-refractivity contribution in [1.82, 2.24) is 5.43 Å². The zero-order chi connectivity index (χ0) is 16.5. The van der Waals surface area contributed by atoms with Crippen molar-refractivity contribution in [3.8, 4) is 0 Å². The molecule has 0 fully saturated rings. The number of hydrogen-bond acceptors (Lipinski definition) is 3. The second-order valence-corrected chi connectivity index (χ2v) is 4.89. The maximum absolute atomic E-state index is 11.7. The highest BCUT2D eigenvalue weighted by Gasteiger charge is 2.12. The molecule has 0 aromatic heterocycles. The molecule has 23 heavy (non-hydrogen) atoms. The summed E-state index contributed by atoms with van der Waals surface area (Å²) >= 11 is 5.79. The molecule has 2 aromatic carbocycles. The van der Waals surface area contributed by atoms with Crippen LogP contribution in [0.1, 0.15) is 5.56 Å². The van der Waals surface area contributed by atoms with Gasteiger partial charge in [0.15, 0.2) is 0 Å². The average molecular weight is 328 g/mol. The van der Waals surface area contributed by atoms with Gasteiger partial charge in [-0.25, -0.2) is 5.43 Å². The van der Waals surface area contributed by atoms with Crippen molar-refractivity contribution < 1.29 is 9.59 Å². The molecule has 0 saturated carbocycles. The number of rotatable bonds is 4. The molecule has 6 heteroatoms. The molecule has 0 bridgehead atoms. The third-order valence-corrected chi connectivity index (χ3v) is 2.94. The summed E-state index contributed by atoms with van der Waals surface area (Å²) in [5, 5.41) is 6.56. The number of halogens is 1. The van der Waals surface area contributed by atoms with E-state index in [0.717, 1.165) is 5.56 Å². The number of nitrogens with zero attached hydrogens (tertiary/aromatic N) is 1. The largest absolute Gasteiger partial charge is 0.329 e. The molecule has 2 rings (SSSR count). The van der Waals surface area contributed by atoms with E-state index >= 15 is 0 Å². The van der Waals surface area contributed by atoms with E-state index < -0.39 is 11.8 Å². The second kappa shape index (κ2) is 8.51. The summed E-state index contributed by atoms with van der Waals surface area (Å²) in [6, 6.07) is 16.1. The summed E-state index contributed by atoms with van der Waals surface area (Å²) in [5.74, 6) is -1.69. The van der Waals surface area contributed by atoms with Crippen molar-refractivity contribution in [2.75, 3.05) is 5.32 Å². The van der Waals surface area contributed by atoms with E-state index in [2.05, 4.69) is 15.8 Å². The Labute approximate surface area is 138 Å². The van der Waals surface area contributed by atoms with Crippen molar-refractivity contribution in [2.24, 2.45) is 5.10 Å². The topological polar surface area (TPSA) is 70.6 Å². The third-order valence-electron chi connectivity index (χ3n) is 2.70. The van der Waals surface area contributed by atoms with E-state index in [1.165, 1.54) is 6.21 Å². The fraction of sp³-hybridized carbons (Fsp3) is 0. The first-order chi connectivity index (χ1) is 11.1. The third kappa shape index (κ3) is 5.76.